The average molecular weight is 379 g/mol. The lowest BCUT2D eigenvalue weighted by molar-refractivity contribution is -0.137. The number of nitrogens with one attached hydrogen (secondary N) is 1. The number of benzene rings is 1. The Bertz CT molecular complexity index is 835. The summed E-state index contributed by atoms with van der Waals surface area (Å²) in [5.41, 5.74) is -0.790. The maximum absolute atomic E-state index is 12.8. The molecule has 2 heterocycles. The molecule has 0 atom stereocenters. The van der Waals surface area contributed by atoms with E-state index in [0.29, 0.717) is 32.1 Å². The van der Waals surface area contributed by atoms with Crippen LogP contribution in [0.1, 0.15) is 16.1 Å². The minimum absolute atomic E-state index is 0.0228. The number of halogens is 3. The summed E-state index contributed by atoms with van der Waals surface area (Å²) in [6, 6.07) is 5.76. The van der Waals surface area contributed by atoms with Crippen LogP contribution < -0.4 is 10.2 Å². The summed E-state index contributed by atoms with van der Waals surface area (Å²) in [5.74, 6) is -0.304. The van der Waals surface area contributed by atoms with Crippen LogP contribution in [0, 0.1) is 0 Å². The first kappa shape index (κ1) is 18.6. The molecule has 2 aromatic rings. The fourth-order valence-corrected chi connectivity index (χ4v) is 2.62. The summed E-state index contributed by atoms with van der Waals surface area (Å²) in [6.45, 7) is 2.09. The van der Waals surface area contributed by atoms with E-state index in [1.54, 1.807) is 4.90 Å². The fraction of sp³-hybridized carbons (Fsp3) is 0.294. The van der Waals surface area contributed by atoms with Gasteiger partial charge in [0.25, 0.3) is 5.91 Å². The maximum atomic E-state index is 12.8. The molecule has 0 saturated carbocycles. The molecule has 0 bridgehead atoms. The van der Waals surface area contributed by atoms with Crippen molar-refractivity contribution in [3.63, 3.8) is 0 Å². The van der Waals surface area contributed by atoms with Crippen molar-refractivity contribution in [1.82, 2.24) is 14.9 Å². The molecular weight excluding hydrogens is 363 g/mol. The van der Waals surface area contributed by atoms with Gasteiger partial charge in [0, 0.05) is 38.1 Å². The first-order chi connectivity index (χ1) is 12.9. The maximum Gasteiger partial charge on any atom is 0.416 e. The van der Waals surface area contributed by atoms with Gasteiger partial charge >= 0.3 is 6.18 Å². The van der Waals surface area contributed by atoms with Gasteiger partial charge in [-0.15, -0.1) is 0 Å². The molecule has 142 valence electrons. The quantitative estimate of drug-likeness (QED) is 0.823. The molecule has 1 aromatic carbocycles. The molecule has 1 aliphatic heterocycles. The van der Waals surface area contributed by atoms with Crippen molar-refractivity contribution < 1.29 is 22.8 Å². The average Bonchev–Trinajstić information content (AvgIpc) is 2.68. The number of carbonyl (C=O) groups is 2. The van der Waals surface area contributed by atoms with Crippen LogP contribution in [0.3, 0.4) is 0 Å². The Morgan fingerprint density at radius 3 is 2.56 bits per heavy atom. The number of nitrogens with zero attached hydrogens (tertiary/aromatic N) is 4. The lowest BCUT2D eigenvalue weighted by Gasteiger charge is -2.32. The highest BCUT2D eigenvalue weighted by Crippen LogP contribution is 2.30. The molecule has 0 radical (unpaired) electrons. The summed E-state index contributed by atoms with van der Waals surface area (Å²) in [6.07, 6.45) is -2.31. The van der Waals surface area contributed by atoms with E-state index in [2.05, 4.69) is 15.3 Å². The zero-order valence-corrected chi connectivity index (χ0v) is 14.1. The second kappa shape index (κ2) is 7.60. The number of anilines is 2. The summed E-state index contributed by atoms with van der Waals surface area (Å²) in [7, 11) is 0. The van der Waals surface area contributed by atoms with E-state index in [4.69, 9.17) is 0 Å². The third-order valence-corrected chi connectivity index (χ3v) is 4.07. The van der Waals surface area contributed by atoms with Crippen molar-refractivity contribution >= 4 is 24.0 Å². The van der Waals surface area contributed by atoms with Gasteiger partial charge in [-0.2, -0.15) is 13.2 Å². The second-order valence-electron chi connectivity index (χ2n) is 5.90. The van der Waals surface area contributed by atoms with Crippen molar-refractivity contribution in [2.24, 2.45) is 0 Å². The lowest BCUT2D eigenvalue weighted by Crippen LogP contribution is -2.46. The molecule has 1 saturated heterocycles. The Morgan fingerprint density at radius 1 is 1.15 bits per heavy atom. The topological polar surface area (TPSA) is 78.4 Å². The van der Waals surface area contributed by atoms with Gasteiger partial charge in [0.2, 0.25) is 12.4 Å². The number of amides is 2. The SMILES string of the molecule is O=CN1CCN(c2nccc(C(=O)Nc3cccc(C(F)(F)F)c3)n2)CC1. The third-order valence-electron chi connectivity index (χ3n) is 4.07. The molecule has 1 aromatic heterocycles. The molecule has 10 heteroatoms. The van der Waals surface area contributed by atoms with Gasteiger partial charge < -0.3 is 15.1 Å². The smallest absolute Gasteiger partial charge is 0.342 e. The van der Waals surface area contributed by atoms with Gasteiger partial charge in [0.1, 0.15) is 5.69 Å². The Hall–Kier alpha value is -3.17. The molecule has 0 aliphatic carbocycles. The molecular formula is C17H16F3N5O2. The number of aromatic nitrogens is 2. The number of piperazine rings is 1. The first-order valence-corrected chi connectivity index (χ1v) is 8.13. The van der Waals surface area contributed by atoms with Gasteiger partial charge in [0.05, 0.1) is 5.56 Å². The number of alkyl halides is 3. The molecule has 3 rings (SSSR count). The summed E-state index contributed by atoms with van der Waals surface area (Å²) < 4.78 is 38.3. The minimum Gasteiger partial charge on any atom is -0.342 e. The van der Waals surface area contributed by atoms with Gasteiger partial charge in [-0.25, -0.2) is 9.97 Å². The Morgan fingerprint density at radius 2 is 1.89 bits per heavy atom. The number of rotatable bonds is 4. The summed E-state index contributed by atoms with van der Waals surface area (Å²) >= 11 is 0. The summed E-state index contributed by atoms with van der Waals surface area (Å²) in [5, 5.41) is 2.41. The lowest BCUT2D eigenvalue weighted by atomic mass is 10.2. The largest absolute Gasteiger partial charge is 0.416 e. The van der Waals surface area contributed by atoms with Crippen LogP contribution in [0.5, 0.6) is 0 Å². The van der Waals surface area contributed by atoms with Gasteiger partial charge in [-0.3, -0.25) is 9.59 Å². The fourth-order valence-electron chi connectivity index (χ4n) is 2.62. The zero-order valence-electron chi connectivity index (χ0n) is 14.1. The van der Waals surface area contributed by atoms with Crippen molar-refractivity contribution in [3.8, 4) is 0 Å². The monoisotopic (exact) mass is 379 g/mol. The first-order valence-electron chi connectivity index (χ1n) is 8.13. The Kier molecular flexibility index (Phi) is 5.24. The van der Waals surface area contributed by atoms with E-state index in [0.717, 1.165) is 18.5 Å². The molecule has 7 nitrogen and oxygen atoms in total. The van der Waals surface area contributed by atoms with E-state index < -0.39 is 17.6 Å². The predicted octanol–water partition coefficient (Wildman–Crippen LogP) is 2.03. The summed E-state index contributed by atoms with van der Waals surface area (Å²) in [4.78, 5) is 34.9. The van der Waals surface area contributed by atoms with E-state index in [9.17, 15) is 22.8 Å². The van der Waals surface area contributed by atoms with E-state index in [1.165, 1.54) is 24.4 Å². The Balaban J connectivity index is 1.72. The van der Waals surface area contributed by atoms with E-state index in [1.807, 2.05) is 4.90 Å². The third kappa shape index (κ3) is 4.52. The minimum atomic E-state index is -4.49. The van der Waals surface area contributed by atoms with E-state index in [-0.39, 0.29) is 11.4 Å². The second-order valence-corrected chi connectivity index (χ2v) is 5.90. The van der Waals surface area contributed by atoms with Crippen LogP contribution >= 0.6 is 0 Å². The highest BCUT2D eigenvalue weighted by molar-refractivity contribution is 6.03. The van der Waals surface area contributed by atoms with Crippen LogP contribution in [0.2, 0.25) is 0 Å². The standard InChI is InChI=1S/C17H16F3N5O2/c18-17(19,20)12-2-1-3-13(10-12)22-15(27)14-4-5-21-16(23-14)25-8-6-24(11-26)7-9-25/h1-5,10-11H,6-9H2,(H,22,27). The van der Waals surface area contributed by atoms with E-state index >= 15 is 0 Å². The van der Waals surface area contributed by atoms with Crippen LogP contribution in [0.15, 0.2) is 36.5 Å². The predicted molar refractivity (Wildman–Crippen MR) is 91.3 cm³/mol. The van der Waals surface area contributed by atoms with Crippen LogP contribution in [0.4, 0.5) is 24.8 Å². The highest BCUT2D eigenvalue weighted by atomic mass is 19.4. The molecule has 2 amide bonds. The van der Waals surface area contributed by atoms with Crippen molar-refractivity contribution in [2.75, 3.05) is 36.4 Å². The van der Waals surface area contributed by atoms with Gasteiger partial charge in [0.15, 0.2) is 0 Å². The molecule has 1 N–H and O–H groups in total. The number of hydrogen-bond donors (Lipinski definition) is 1. The normalized spacial score (nSPS) is 14.8. The van der Waals surface area contributed by atoms with Crippen molar-refractivity contribution in [2.45, 2.75) is 6.18 Å². The van der Waals surface area contributed by atoms with Crippen LogP contribution in [-0.4, -0.2) is 53.4 Å². The molecule has 1 aliphatic rings. The van der Waals surface area contributed by atoms with Gasteiger partial charge in [-0.1, -0.05) is 6.07 Å². The van der Waals surface area contributed by atoms with Gasteiger partial charge in [-0.05, 0) is 24.3 Å². The number of hydrogen-bond acceptors (Lipinski definition) is 5. The number of carbonyl (C=O) groups excluding carboxylic acids is 2. The Labute approximate surface area is 152 Å². The zero-order chi connectivity index (χ0) is 19.4. The molecule has 0 spiro atoms. The highest BCUT2D eigenvalue weighted by Gasteiger charge is 2.30. The molecule has 27 heavy (non-hydrogen) atoms. The molecule has 0 unspecified atom stereocenters. The van der Waals surface area contributed by atoms with Crippen molar-refractivity contribution in [3.05, 3.63) is 47.8 Å². The van der Waals surface area contributed by atoms with Crippen LogP contribution in [0.25, 0.3) is 0 Å². The van der Waals surface area contributed by atoms with Crippen LogP contribution in [-0.2, 0) is 11.0 Å². The molecule has 1 fully saturated rings. The van der Waals surface area contributed by atoms with Crippen molar-refractivity contribution in [1.29, 1.82) is 0 Å².